The molecule has 116 valence electrons. The van der Waals surface area contributed by atoms with Crippen molar-refractivity contribution in [1.29, 1.82) is 0 Å². The van der Waals surface area contributed by atoms with Gasteiger partial charge < -0.3 is 9.67 Å². The van der Waals surface area contributed by atoms with Gasteiger partial charge in [-0.05, 0) is 43.0 Å². The maximum Gasteiger partial charge on any atom is 0.309 e. The molecule has 1 aromatic heterocycles. The molecular formula is C16H16ClNO3S. The molecule has 4 nitrogen and oxygen atoms in total. The summed E-state index contributed by atoms with van der Waals surface area (Å²) < 4.78 is 1.69. The first kappa shape index (κ1) is 16.6. The van der Waals surface area contributed by atoms with Crippen LogP contribution in [0.1, 0.15) is 27.3 Å². The Labute approximate surface area is 138 Å². The number of ketones is 1. The second-order valence-electron chi connectivity index (χ2n) is 4.92. The summed E-state index contributed by atoms with van der Waals surface area (Å²) in [5, 5.41) is 9.62. The standard InChI is InChI=1S/C16H16ClNO3S/c1-9-12(8-13(19)20)18(2)14(16(9)22-3)15(21)10-4-6-11(17)7-5-10/h4-7H,8H2,1-3H3,(H,19,20). The Morgan fingerprint density at radius 1 is 1.27 bits per heavy atom. The molecule has 6 heteroatoms. The molecule has 0 atom stereocenters. The van der Waals surface area contributed by atoms with Gasteiger partial charge in [0.25, 0.3) is 0 Å². The molecule has 0 bridgehead atoms. The molecule has 0 aliphatic heterocycles. The zero-order valence-electron chi connectivity index (χ0n) is 12.5. The maximum atomic E-state index is 12.8. The summed E-state index contributed by atoms with van der Waals surface area (Å²) in [7, 11) is 1.73. The molecule has 0 fully saturated rings. The molecule has 22 heavy (non-hydrogen) atoms. The van der Waals surface area contributed by atoms with Crippen LogP contribution in [0, 0.1) is 6.92 Å². The predicted octanol–water partition coefficient (Wildman–Crippen LogP) is 3.57. The molecule has 2 rings (SSSR count). The van der Waals surface area contributed by atoms with Crippen LogP contribution in [0.15, 0.2) is 29.2 Å². The Bertz CT molecular complexity index is 735. The summed E-state index contributed by atoms with van der Waals surface area (Å²) in [6.45, 7) is 1.85. The number of nitrogens with zero attached hydrogens (tertiary/aromatic N) is 1. The summed E-state index contributed by atoms with van der Waals surface area (Å²) in [5.41, 5.74) is 2.54. The van der Waals surface area contributed by atoms with Gasteiger partial charge in [-0.25, -0.2) is 0 Å². The fraction of sp³-hybridized carbons (Fsp3) is 0.250. The maximum absolute atomic E-state index is 12.8. The SMILES string of the molecule is CSc1c(C)c(CC(=O)O)n(C)c1C(=O)c1ccc(Cl)cc1. The van der Waals surface area contributed by atoms with Crippen molar-refractivity contribution in [2.75, 3.05) is 6.26 Å². The number of carboxylic acid groups (broad SMARTS) is 1. The van der Waals surface area contributed by atoms with E-state index in [1.807, 2.05) is 13.2 Å². The Kier molecular flexibility index (Phi) is 4.98. The number of carbonyl (C=O) groups excluding carboxylic acids is 1. The third kappa shape index (κ3) is 3.05. The highest BCUT2D eigenvalue weighted by atomic mass is 35.5. The summed E-state index contributed by atoms with van der Waals surface area (Å²) in [5.74, 6) is -1.05. The van der Waals surface area contributed by atoms with E-state index >= 15 is 0 Å². The van der Waals surface area contributed by atoms with Gasteiger partial charge in [0.05, 0.1) is 6.42 Å². The first-order valence-corrected chi connectivity index (χ1v) is 8.21. The largest absolute Gasteiger partial charge is 0.481 e. The lowest BCUT2D eigenvalue weighted by molar-refractivity contribution is -0.136. The average Bonchev–Trinajstić information content (AvgIpc) is 2.71. The van der Waals surface area contributed by atoms with E-state index < -0.39 is 5.97 Å². The van der Waals surface area contributed by atoms with Crippen molar-refractivity contribution in [3.05, 3.63) is 51.8 Å². The second-order valence-corrected chi connectivity index (χ2v) is 6.17. The van der Waals surface area contributed by atoms with Crippen LogP contribution < -0.4 is 0 Å². The molecule has 0 aliphatic rings. The molecule has 0 unspecified atom stereocenters. The van der Waals surface area contributed by atoms with Gasteiger partial charge in [0.15, 0.2) is 0 Å². The van der Waals surface area contributed by atoms with Crippen LogP contribution in [0.4, 0.5) is 0 Å². The number of carbonyl (C=O) groups is 2. The van der Waals surface area contributed by atoms with Crippen molar-refractivity contribution in [2.24, 2.45) is 7.05 Å². The van der Waals surface area contributed by atoms with E-state index in [9.17, 15) is 9.59 Å². The number of hydrogen-bond acceptors (Lipinski definition) is 3. The zero-order valence-corrected chi connectivity index (χ0v) is 14.1. The minimum Gasteiger partial charge on any atom is -0.481 e. The highest BCUT2D eigenvalue weighted by molar-refractivity contribution is 7.98. The van der Waals surface area contributed by atoms with E-state index in [-0.39, 0.29) is 12.2 Å². The van der Waals surface area contributed by atoms with Gasteiger partial charge in [0.1, 0.15) is 5.69 Å². The molecule has 1 aromatic carbocycles. The minimum atomic E-state index is -0.915. The quantitative estimate of drug-likeness (QED) is 0.669. The van der Waals surface area contributed by atoms with Gasteiger partial charge in [-0.1, -0.05) is 11.6 Å². The lowest BCUT2D eigenvalue weighted by Crippen LogP contribution is -2.12. The Hall–Kier alpha value is -1.72. The number of benzene rings is 1. The summed E-state index contributed by atoms with van der Waals surface area (Å²) >= 11 is 7.30. The molecule has 0 aliphatic carbocycles. The van der Waals surface area contributed by atoms with Gasteiger partial charge in [-0.3, -0.25) is 9.59 Å². The highest BCUT2D eigenvalue weighted by Crippen LogP contribution is 2.31. The van der Waals surface area contributed by atoms with Gasteiger partial charge in [0, 0.05) is 28.2 Å². The number of hydrogen-bond donors (Lipinski definition) is 1. The van der Waals surface area contributed by atoms with Crippen molar-refractivity contribution in [3.63, 3.8) is 0 Å². The van der Waals surface area contributed by atoms with Gasteiger partial charge in [-0.2, -0.15) is 0 Å². The number of thioether (sulfide) groups is 1. The first-order chi connectivity index (χ1) is 10.4. The number of rotatable bonds is 5. The van der Waals surface area contributed by atoms with Crippen LogP contribution in [0.25, 0.3) is 0 Å². The number of aromatic nitrogens is 1. The molecule has 1 N–H and O–H groups in total. The predicted molar refractivity (Wildman–Crippen MR) is 88.2 cm³/mol. The molecule has 0 radical (unpaired) electrons. The summed E-state index contributed by atoms with van der Waals surface area (Å²) in [4.78, 5) is 24.6. The fourth-order valence-electron chi connectivity index (χ4n) is 2.49. The fourth-order valence-corrected chi connectivity index (χ4v) is 3.46. The average molecular weight is 338 g/mol. The van der Waals surface area contributed by atoms with Crippen LogP contribution in [-0.2, 0) is 18.3 Å². The lowest BCUT2D eigenvalue weighted by Gasteiger charge is -2.07. The van der Waals surface area contributed by atoms with Crippen LogP contribution in [0.5, 0.6) is 0 Å². The molecule has 0 spiro atoms. The smallest absolute Gasteiger partial charge is 0.309 e. The Morgan fingerprint density at radius 3 is 2.36 bits per heavy atom. The molecule has 0 saturated carbocycles. The van der Waals surface area contributed by atoms with E-state index in [2.05, 4.69) is 0 Å². The third-order valence-corrected chi connectivity index (χ3v) is 4.73. The lowest BCUT2D eigenvalue weighted by atomic mass is 10.1. The van der Waals surface area contributed by atoms with Crippen LogP contribution >= 0.6 is 23.4 Å². The first-order valence-electron chi connectivity index (χ1n) is 6.61. The number of halogens is 1. The van der Waals surface area contributed by atoms with E-state index in [1.165, 1.54) is 11.8 Å². The molecular weight excluding hydrogens is 322 g/mol. The summed E-state index contributed by atoms with van der Waals surface area (Å²) in [6, 6.07) is 6.69. The second kappa shape index (κ2) is 6.58. The van der Waals surface area contributed by atoms with Crippen LogP contribution in [-0.4, -0.2) is 27.7 Å². The van der Waals surface area contributed by atoms with E-state index in [0.717, 1.165) is 10.5 Å². The van der Waals surface area contributed by atoms with Crippen molar-refractivity contribution in [3.8, 4) is 0 Å². The van der Waals surface area contributed by atoms with Crippen molar-refractivity contribution in [1.82, 2.24) is 4.57 Å². The Balaban J connectivity index is 2.56. The number of carboxylic acids is 1. The molecule has 0 saturated heterocycles. The van der Waals surface area contributed by atoms with E-state index in [4.69, 9.17) is 16.7 Å². The molecule has 1 heterocycles. The summed E-state index contributed by atoms with van der Waals surface area (Å²) in [6.07, 6.45) is 1.77. The number of aliphatic carboxylic acids is 1. The molecule has 2 aromatic rings. The minimum absolute atomic E-state index is 0.107. The van der Waals surface area contributed by atoms with Crippen molar-refractivity contribution < 1.29 is 14.7 Å². The van der Waals surface area contributed by atoms with Crippen LogP contribution in [0.2, 0.25) is 5.02 Å². The van der Waals surface area contributed by atoms with Gasteiger partial charge in [0.2, 0.25) is 5.78 Å². The third-order valence-electron chi connectivity index (χ3n) is 3.57. The van der Waals surface area contributed by atoms with Gasteiger partial charge >= 0.3 is 5.97 Å². The van der Waals surface area contributed by atoms with Crippen molar-refractivity contribution >= 4 is 35.1 Å². The topological polar surface area (TPSA) is 59.3 Å². The van der Waals surface area contributed by atoms with Crippen molar-refractivity contribution in [2.45, 2.75) is 18.2 Å². The van der Waals surface area contributed by atoms with E-state index in [1.54, 1.807) is 35.9 Å². The highest BCUT2D eigenvalue weighted by Gasteiger charge is 2.24. The van der Waals surface area contributed by atoms with E-state index in [0.29, 0.717) is 22.0 Å². The molecule has 0 amide bonds. The van der Waals surface area contributed by atoms with Gasteiger partial charge in [-0.15, -0.1) is 11.8 Å². The Morgan fingerprint density at radius 2 is 1.86 bits per heavy atom. The monoisotopic (exact) mass is 337 g/mol. The normalized spacial score (nSPS) is 10.7. The zero-order chi connectivity index (χ0) is 16.4. The van der Waals surface area contributed by atoms with Crippen LogP contribution in [0.3, 0.4) is 0 Å².